The number of carbonyl (C=O) groups is 1. The molecule has 0 radical (unpaired) electrons. The van der Waals surface area contributed by atoms with Crippen molar-refractivity contribution in [2.75, 3.05) is 25.1 Å². The molecule has 1 aromatic carbocycles. The van der Waals surface area contributed by atoms with Gasteiger partial charge in [0.15, 0.2) is 0 Å². The molecule has 3 aromatic rings. The second-order valence-corrected chi connectivity index (χ2v) is 5.63. The predicted molar refractivity (Wildman–Crippen MR) is 97.1 cm³/mol. The van der Waals surface area contributed by atoms with Gasteiger partial charge in [-0.3, -0.25) is 4.79 Å². The van der Waals surface area contributed by atoms with E-state index in [1.165, 1.54) is 18.4 Å². The molecule has 0 aliphatic carbocycles. The van der Waals surface area contributed by atoms with Crippen LogP contribution >= 0.6 is 0 Å². The maximum Gasteiger partial charge on any atom is 0.270 e. The number of benzene rings is 1. The largest absolute Gasteiger partial charge is 0.464 e. The summed E-state index contributed by atoms with van der Waals surface area (Å²) in [5.41, 5.74) is 1.45. The number of aromatic nitrogens is 1. The molecule has 2 N–H and O–H groups in total. The third-order valence-electron chi connectivity index (χ3n) is 3.75. The first-order valence-corrected chi connectivity index (χ1v) is 8.44. The molecule has 6 nitrogen and oxygen atoms in total. The molecule has 0 atom stereocenters. The van der Waals surface area contributed by atoms with Gasteiger partial charge in [-0.05, 0) is 43.7 Å². The fraction of sp³-hybridized carbons (Fsp3) is 0.263. The van der Waals surface area contributed by atoms with Gasteiger partial charge < -0.3 is 19.8 Å². The summed E-state index contributed by atoms with van der Waals surface area (Å²) in [5, 5.41) is 6.65. The minimum atomic E-state index is -0.322. The standard InChI is InChI=1S/C19H20FN3O3/c1-2-25-10-3-9-21-19(24)16-12-17-15(8-11-26-17)18(23-16)22-14-6-4-13(20)5-7-14/h4-8,11-12H,2-3,9-10H2,1H3,(H,21,24)(H,22,23). The fourth-order valence-electron chi connectivity index (χ4n) is 2.46. The lowest BCUT2D eigenvalue weighted by Crippen LogP contribution is -2.26. The highest BCUT2D eigenvalue weighted by Crippen LogP contribution is 2.26. The van der Waals surface area contributed by atoms with Crippen molar-refractivity contribution in [3.8, 4) is 0 Å². The second kappa shape index (κ2) is 8.44. The molecule has 0 fully saturated rings. The number of hydrogen-bond donors (Lipinski definition) is 2. The molecule has 7 heteroatoms. The van der Waals surface area contributed by atoms with Gasteiger partial charge in [0, 0.05) is 31.5 Å². The quantitative estimate of drug-likeness (QED) is 0.599. The van der Waals surface area contributed by atoms with Crippen LogP contribution in [-0.2, 0) is 4.74 Å². The summed E-state index contributed by atoms with van der Waals surface area (Å²) in [6.45, 7) is 3.68. The van der Waals surface area contributed by atoms with Crippen LogP contribution in [0.5, 0.6) is 0 Å². The van der Waals surface area contributed by atoms with Gasteiger partial charge in [0.2, 0.25) is 0 Å². The Bertz CT molecular complexity index is 877. The first-order valence-electron chi connectivity index (χ1n) is 8.44. The van der Waals surface area contributed by atoms with Crippen LogP contribution in [0.25, 0.3) is 11.0 Å². The normalized spacial score (nSPS) is 10.8. The van der Waals surface area contributed by atoms with Crippen LogP contribution in [0, 0.1) is 5.82 Å². The zero-order chi connectivity index (χ0) is 18.4. The number of anilines is 2. The van der Waals surface area contributed by atoms with E-state index in [2.05, 4.69) is 15.6 Å². The van der Waals surface area contributed by atoms with Crippen LogP contribution in [0.3, 0.4) is 0 Å². The van der Waals surface area contributed by atoms with Crippen LogP contribution in [0.15, 0.2) is 47.1 Å². The molecule has 0 bridgehead atoms. The summed E-state index contributed by atoms with van der Waals surface area (Å²) < 4.78 is 23.7. The van der Waals surface area contributed by atoms with Crippen molar-refractivity contribution in [3.05, 3.63) is 54.2 Å². The molecule has 2 aromatic heterocycles. The van der Waals surface area contributed by atoms with Crippen molar-refractivity contribution in [3.63, 3.8) is 0 Å². The van der Waals surface area contributed by atoms with Crippen molar-refractivity contribution in [1.82, 2.24) is 10.3 Å². The van der Waals surface area contributed by atoms with Crippen LogP contribution in [0.4, 0.5) is 15.9 Å². The molecule has 0 saturated carbocycles. The maximum atomic E-state index is 13.1. The highest BCUT2D eigenvalue weighted by molar-refractivity contribution is 5.99. The lowest BCUT2D eigenvalue weighted by atomic mass is 10.2. The van der Waals surface area contributed by atoms with Crippen molar-refractivity contribution < 1.29 is 18.3 Å². The molecular weight excluding hydrogens is 337 g/mol. The summed E-state index contributed by atoms with van der Waals surface area (Å²) in [4.78, 5) is 16.8. The molecule has 2 heterocycles. The van der Waals surface area contributed by atoms with Crippen LogP contribution < -0.4 is 10.6 Å². The lowest BCUT2D eigenvalue weighted by molar-refractivity contribution is 0.0939. The van der Waals surface area contributed by atoms with Gasteiger partial charge in [0.25, 0.3) is 5.91 Å². The van der Waals surface area contributed by atoms with Crippen molar-refractivity contribution >= 4 is 28.4 Å². The van der Waals surface area contributed by atoms with E-state index in [0.29, 0.717) is 36.8 Å². The van der Waals surface area contributed by atoms with Crippen LogP contribution in [0.2, 0.25) is 0 Å². The van der Waals surface area contributed by atoms with Gasteiger partial charge in [-0.1, -0.05) is 0 Å². The van der Waals surface area contributed by atoms with Gasteiger partial charge >= 0.3 is 0 Å². The van der Waals surface area contributed by atoms with Crippen molar-refractivity contribution in [2.45, 2.75) is 13.3 Å². The third kappa shape index (κ3) is 4.37. The number of carbonyl (C=O) groups excluding carboxylic acids is 1. The molecule has 3 rings (SSSR count). The van der Waals surface area contributed by atoms with Gasteiger partial charge in [-0.2, -0.15) is 0 Å². The van der Waals surface area contributed by atoms with E-state index in [0.717, 1.165) is 11.8 Å². The molecule has 0 aliphatic rings. The number of hydrogen-bond acceptors (Lipinski definition) is 5. The number of rotatable bonds is 8. The van der Waals surface area contributed by atoms with Gasteiger partial charge in [0.05, 0.1) is 11.6 Å². The molecule has 0 saturated heterocycles. The Morgan fingerprint density at radius 3 is 2.85 bits per heavy atom. The van der Waals surface area contributed by atoms with Gasteiger partial charge in [0.1, 0.15) is 22.9 Å². The highest BCUT2D eigenvalue weighted by Gasteiger charge is 2.14. The van der Waals surface area contributed by atoms with Crippen molar-refractivity contribution in [1.29, 1.82) is 0 Å². The van der Waals surface area contributed by atoms with E-state index in [-0.39, 0.29) is 17.4 Å². The van der Waals surface area contributed by atoms with Crippen LogP contribution in [-0.4, -0.2) is 30.6 Å². The summed E-state index contributed by atoms with van der Waals surface area (Å²) in [5.74, 6) is -0.138. The topological polar surface area (TPSA) is 76.4 Å². The summed E-state index contributed by atoms with van der Waals surface area (Å²) in [6.07, 6.45) is 2.26. The molecule has 26 heavy (non-hydrogen) atoms. The number of nitrogens with one attached hydrogen (secondary N) is 2. The van der Waals surface area contributed by atoms with E-state index < -0.39 is 0 Å². The lowest BCUT2D eigenvalue weighted by Gasteiger charge is -2.10. The Labute approximate surface area is 150 Å². The summed E-state index contributed by atoms with van der Waals surface area (Å²) >= 11 is 0. The fourth-order valence-corrected chi connectivity index (χ4v) is 2.46. The Morgan fingerprint density at radius 2 is 2.08 bits per heavy atom. The first-order chi connectivity index (χ1) is 12.7. The Kier molecular flexibility index (Phi) is 5.80. The Morgan fingerprint density at radius 1 is 1.27 bits per heavy atom. The number of ether oxygens (including phenoxy) is 1. The summed E-state index contributed by atoms with van der Waals surface area (Å²) in [6, 6.07) is 9.27. The van der Waals surface area contributed by atoms with Crippen LogP contribution in [0.1, 0.15) is 23.8 Å². The Balaban J connectivity index is 1.77. The van der Waals surface area contributed by atoms with Gasteiger partial charge in [-0.15, -0.1) is 0 Å². The van der Waals surface area contributed by atoms with E-state index in [4.69, 9.17) is 9.15 Å². The van der Waals surface area contributed by atoms with Crippen molar-refractivity contribution in [2.24, 2.45) is 0 Å². The second-order valence-electron chi connectivity index (χ2n) is 5.63. The molecule has 1 amide bonds. The molecule has 0 aliphatic heterocycles. The van der Waals surface area contributed by atoms with E-state index in [9.17, 15) is 9.18 Å². The predicted octanol–water partition coefficient (Wildman–Crippen LogP) is 3.87. The molecule has 0 spiro atoms. The maximum absolute atomic E-state index is 13.1. The van der Waals surface area contributed by atoms with Gasteiger partial charge in [-0.25, -0.2) is 9.37 Å². The number of furan rings is 1. The SMILES string of the molecule is CCOCCCNC(=O)c1cc2occc2c(Nc2ccc(F)cc2)n1. The smallest absolute Gasteiger partial charge is 0.270 e. The number of amides is 1. The minimum Gasteiger partial charge on any atom is -0.464 e. The molecular formula is C19H20FN3O3. The monoisotopic (exact) mass is 357 g/mol. The Hall–Kier alpha value is -2.93. The first kappa shape index (κ1) is 17.9. The van der Waals surface area contributed by atoms with E-state index >= 15 is 0 Å². The number of fused-ring (bicyclic) bond motifs is 1. The van der Waals surface area contributed by atoms with E-state index in [1.54, 1.807) is 24.3 Å². The molecule has 0 unspecified atom stereocenters. The third-order valence-corrected chi connectivity index (χ3v) is 3.75. The van der Waals surface area contributed by atoms with E-state index in [1.807, 2.05) is 6.92 Å². The molecule has 136 valence electrons. The number of pyridine rings is 1. The number of halogens is 1. The zero-order valence-electron chi connectivity index (χ0n) is 14.4. The minimum absolute atomic E-state index is 0.244. The average molecular weight is 357 g/mol. The number of nitrogens with zero attached hydrogens (tertiary/aromatic N) is 1. The average Bonchev–Trinajstić information content (AvgIpc) is 3.12. The zero-order valence-corrected chi connectivity index (χ0v) is 14.4. The summed E-state index contributed by atoms with van der Waals surface area (Å²) in [7, 11) is 0. The highest BCUT2D eigenvalue weighted by atomic mass is 19.1.